The number of hydrogen-bond donors (Lipinski definition) is 0. The molecule has 0 unspecified atom stereocenters. The maximum atomic E-state index is 6.84. The molecule has 0 bridgehead atoms. The van der Waals surface area contributed by atoms with Gasteiger partial charge in [-0.1, -0.05) is 152 Å². The molecule has 2 heterocycles. The van der Waals surface area contributed by atoms with E-state index in [0.29, 0.717) is 0 Å². The van der Waals surface area contributed by atoms with E-state index in [-0.39, 0.29) is 0 Å². The Balaban J connectivity index is 0.990. The van der Waals surface area contributed by atoms with E-state index in [2.05, 4.69) is 205 Å². The van der Waals surface area contributed by atoms with Gasteiger partial charge < -0.3 is 9.32 Å². The molecule has 0 atom stereocenters. The van der Waals surface area contributed by atoms with Crippen LogP contribution in [0.15, 0.2) is 205 Å². The van der Waals surface area contributed by atoms with Crippen LogP contribution in [0.5, 0.6) is 0 Å². The zero-order valence-electron chi connectivity index (χ0n) is 29.8. The van der Waals surface area contributed by atoms with Gasteiger partial charge in [0.25, 0.3) is 0 Å². The average molecular weight is 720 g/mol. The van der Waals surface area contributed by atoms with Gasteiger partial charge in [-0.3, -0.25) is 0 Å². The fraction of sp³-hybridized carbons (Fsp3) is 0. The van der Waals surface area contributed by atoms with E-state index in [1.165, 1.54) is 47.8 Å². The highest BCUT2D eigenvalue weighted by Gasteiger charge is 2.19. The zero-order valence-corrected chi connectivity index (χ0v) is 30.6. The predicted octanol–water partition coefficient (Wildman–Crippen LogP) is 15.6. The summed E-state index contributed by atoms with van der Waals surface area (Å²) in [6, 6.07) is 71.9. The van der Waals surface area contributed by atoms with Gasteiger partial charge in [0.2, 0.25) is 0 Å². The van der Waals surface area contributed by atoms with Crippen LogP contribution in [-0.4, -0.2) is 0 Å². The van der Waals surface area contributed by atoms with Crippen LogP contribution in [0.3, 0.4) is 0 Å². The van der Waals surface area contributed by atoms with Gasteiger partial charge in [0.1, 0.15) is 11.2 Å². The number of benzene rings is 9. The summed E-state index contributed by atoms with van der Waals surface area (Å²) in [5.74, 6) is 0. The van der Waals surface area contributed by atoms with E-state index >= 15 is 0 Å². The largest absolute Gasteiger partial charge is 0.455 e. The molecule has 0 aliphatic heterocycles. The second kappa shape index (κ2) is 12.9. The first-order valence-electron chi connectivity index (χ1n) is 18.7. The molecule has 2 nitrogen and oxygen atoms in total. The SMILES string of the molecule is c1ccc(-c2cc3c4cccc(-c5ccc(N(c6ccccc6)c6ccc(-c7cccc8c7sc7ccccc78)cc6)cc5)c4oc3c3ccccc23)cc1. The van der Waals surface area contributed by atoms with Crippen molar-refractivity contribution < 1.29 is 4.42 Å². The van der Waals surface area contributed by atoms with Crippen LogP contribution in [0, 0.1) is 0 Å². The van der Waals surface area contributed by atoms with Gasteiger partial charge in [-0.05, 0) is 81.7 Å². The van der Waals surface area contributed by atoms with Crippen molar-refractivity contribution in [3.05, 3.63) is 200 Å². The third-order valence-electron chi connectivity index (χ3n) is 10.9. The van der Waals surface area contributed by atoms with Gasteiger partial charge in [-0.25, -0.2) is 0 Å². The fourth-order valence-corrected chi connectivity index (χ4v) is 9.52. The number of anilines is 3. The molecule has 0 spiro atoms. The van der Waals surface area contributed by atoms with Crippen molar-refractivity contribution in [3.63, 3.8) is 0 Å². The Morgan fingerprint density at radius 2 is 0.836 bits per heavy atom. The fourth-order valence-electron chi connectivity index (χ4n) is 8.28. The summed E-state index contributed by atoms with van der Waals surface area (Å²) in [5.41, 5.74) is 12.2. The van der Waals surface area contributed by atoms with Gasteiger partial charge in [-0.2, -0.15) is 0 Å². The number of para-hydroxylation sites is 2. The first-order chi connectivity index (χ1) is 27.3. The second-order valence-corrected chi connectivity index (χ2v) is 15.1. The molecule has 0 saturated carbocycles. The molecule has 0 amide bonds. The number of nitrogens with zero attached hydrogens (tertiary/aromatic N) is 1. The van der Waals surface area contributed by atoms with Crippen LogP contribution in [0.2, 0.25) is 0 Å². The Hall–Kier alpha value is -6.94. The van der Waals surface area contributed by atoms with E-state index in [9.17, 15) is 0 Å². The molecule has 55 heavy (non-hydrogen) atoms. The Bertz CT molecular complexity index is 3180. The number of furan rings is 1. The van der Waals surface area contributed by atoms with E-state index in [4.69, 9.17) is 4.42 Å². The molecule has 0 N–H and O–H groups in total. The van der Waals surface area contributed by atoms with Gasteiger partial charge in [-0.15, -0.1) is 11.3 Å². The molecule has 0 aliphatic rings. The van der Waals surface area contributed by atoms with Gasteiger partial charge in [0.15, 0.2) is 0 Å². The quantitative estimate of drug-likeness (QED) is 0.170. The first kappa shape index (κ1) is 31.6. The number of hydrogen-bond acceptors (Lipinski definition) is 3. The number of fused-ring (bicyclic) bond motifs is 8. The van der Waals surface area contributed by atoms with E-state index < -0.39 is 0 Å². The molecule has 258 valence electrons. The normalized spacial score (nSPS) is 11.6. The maximum absolute atomic E-state index is 6.84. The highest BCUT2D eigenvalue weighted by molar-refractivity contribution is 7.26. The summed E-state index contributed by atoms with van der Waals surface area (Å²) in [4.78, 5) is 2.33. The van der Waals surface area contributed by atoms with Crippen LogP contribution < -0.4 is 4.90 Å². The molecule has 0 saturated heterocycles. The number of thiophene rings is 1. The molecular weight excluding hydrogens is 687 g/mol. The third-order valence-corrected chi connectivity index (χ3v) is 12.1. The lowest BCUT2D eigenvalue weighted by atomic mass is 9.95. The monoisotopic (exact) mass is 719 g/mol. The molecule has 0 fully saturated rings. The number of rotatable bonds is 6. The maximum Gasteiger partial charge on any atom is 0.143 e. The third kappa shape index (κ3) is 5.24. The second-order valence-electron chi connectivity index (χ2n) is 14.0. The van der Waals surface area contributed by atoms with Gasteiger partial charge in [0, 0.05) is 59.0 Å². The Morgan fingerprint density at radius 1 is 0.327 bits per heavy atom. The lowest BCUT2D eigenvalue weighted by Gasteiger charge is -2.26. The van der Waals surface area contributed by atoms with E-state index in [1.54, 1.807) is 0 Å². The topological polar surface area (TPSA) is 16.4 Å². The zero-order chi connectivity index (χ0) is 36.3. The summed E-state index contributed by atoms with van der Waals surface area (Å²) >= 11 is 1.87. The summed E-state index contributed by atoms with van der Waals surface area (Å²) in [6.45, 7) is 0. The van der Waals surface area contributed by atoms with Crippen molar-refractivity contribution in [1.82, 2.24) is 0 Å². The molecule has 11 rings (SSSR count). The molecule has 3 heteroatoms. The van der Waals surface area contributed by atoms with Crippen molar-refractivity contribution in [2.24, 2.45) is 0 Å². The smallest absolute Gasteiger partial charge is 0.143 e. The summed E-state index contributed by atoms with van der Waals surface area (Å²) in [6.07, 6.45) is 0. The molecule has 9 aromatic carbocycles. The molecule has 0 aliphatic carbocycles. The van der Waals surface area contributed by atoms with Crippen LogP contribution in [0.1, 0.15) is 0 Å². The predicted molar refractivity (Wildman–Crippen MR) is 235 cm³/mol. The van der Waals surface area contributed by atoms with Gasteiger partial charge >= 0.3 is 0 Å². The molecule has 2 aromatic heterocycles. The molecule has 0 radical (unpaired) electrons. The lowest BCUT2D eigenvalue weighted by Crippen LogP contribution is -2.09. The minimum absolute atomic E-state index is 0.907. The Kier molecular flexibility index (Phi) is 7.39. The summed E-state index contributed by atoms with van der Waals surface area (Å²) < 4.78 is 9.49. The Morgan fingerprint density at radius 3 is 1.56 bits per heavy atom. The van der Waals surface area contributed by atoms with Crippen LogP contribution in [0.4, 0.5) is 17.1 Å². The Labute approximate surface area is 322 Å². The van der Waals surface area contributed by atoms with Crippen molar-refractivity contribution in [3.8, 4) is 33.4 Å². The van der Waals surface area contributed by atoms with Crippen molar-refractivity contribution in [2.75, 3.05) is 4.90 Å². The molecular formula is C52H33NOS. The van der Waals surface area contributed by atoms with Crippen molar-refractivity contribution in [1.29, 1.82) is 0 Å². The highest BCUT2D eigenvalue weighted by atomic mass is 32.1. The summed E-state index contributed by atoms with van der Waals surface area (Å²) in [7, 11) is 0. The average Bonchev–Trinajstić information content (AvgIpc) is 3.84. The van der Waals surface area contributed by atoms with Gasteiger partial charge in [0.05, 0.1) is 0 Å². The van der Waals surface area contributed by atoms with Crippen LogP contribution >= 0.6 is 11.3 Å². The van der Waals surface area contributed by atoms with Crippen LogP contribution in [0.25, 0.3) is 86.3 Å². The van der Waals surface area contributed by atoms with Crippen LogP contribution in [-0.2, 0) is 0 Å². The minimum atomic E-state index is 0.907. The van der Waals surface area contributed by atoms with Crippen molar-refractivity contribution in [2.45, 2.75) is 0 Å². The first-order valence-corrected chi connectivity index (χ1v) is 19.5. The molecule has 11 aromatic rings. The lowest BCUT2D eigenvalue weighted by molar-refractivity contribution is 0.674. The van der Waals surface area contributed by atoms with Crippen molar-refractivity contribution >= 4 is 81.3 Å². The highest BCUT2D eigenvalue weighted by Crippen LogP contribution is 2.44. The van der Waals surface area contributed by atoms with E-state index in [1.807, 2.05) is 11.3 Å². The summed E-state index contributed by atoms with van der Waals surface area (Å²) in [5, 5.41) is 7.21. The van der Waals surface area contributed by atoms with E-state index in [0.717, 1.165) is 55.5 Å². The minimum Gasteiger partial charge on any atom is -0.455 e. The standard InChI is InChI=1S/C52H33NOS/c1-3-13-34(14-4-1)47-33-48-45-22-11-20-40(50(45)54-51(48)44-19-8-7-17-42(44)47)35-25-29-38(30-26-35)53(37-15-5-2-6-16-37)39-31-27-36(28-32-39)41-21-12-23-46-43-18-9-10-24-49(43)55-52(41)46/h1-33H.